The van der Waals surface area contributed by atoms with E-state index in [0.717, 1.165) is 6.07 Å². The maximum Gasteiger partial charge on any atom is 0.460 e. The first-order chi connectivity index (χ1) is 17.4. The van der Waals surface area contributed by atoms with E-state index in [2.05, 4.69) is 4.18 Å². The van der Waals surface area contributed by atoms with Gasteiger partial charge in [0.25, 0.3) is 5.91 Å². The predicted octanol–water partition coefficient (Wildman–Crippen LogP) is 7.00. The number of carbonyl (C=O) groups is 2. The Morgan fingerprint density at radius 2 is 1.27 bits per heavy atom. The van der Waals surface area contributed by atoms with Crippen molar-refractivity contribution >= 4 is 125 Å². The fraction of sp³-hybridized carbons (Fsp3) is 0.222. The summed E-state index contributed by atoms with van der Waals surface area (Å²) in [6, 6.07) is 2.31. The number of nitrogens with one attached hydrogen (secondary N) is 1. The van der Waals surface area contributed by atoms with E-state index in [1.807, 2.05) is 5.32 Å². The first kappa shape index (κ1) is 37.3. The Morgan fingerprint density at radius 1 is 0.800 bits per heavy atom. The van der Waals surface area contributed by atoms with Gasteiger partial charge in [0, 0.05) is 63.1 Å². The minimum Gasteiger partial charge on any atom is -0.478 e. The van der Waals surface area contributed by atoms with E-state index >= 15 is 0 Å². The van der Waals surface area contributed by atoms with E-state index in [9.17, 15) is 62.6 Å². The molecule has 0 atom stereocenters. The SMILES string of the molecule is O=C(O)c1c(Cl)c(Cl)c(Cl)c(Cl)c1C(=O)Nc1cccc(OS(=O)(=O)C(F)(F)C(F)(F)C(F)(F)C(F)(F)F)c1.[K]. The largest absolute Gasteiger partial charge is 0.478 e. The van der Waals surface area contributed by atoms with Crippen molar-refractivity contribution in [1.82, 2.24) is 0 Å². The van der Waals surface area contributed by atoms with Crippen molar-refractivity contribution in [2.45, 2.75) is 23.3 Å². The van der Waals surface area contributed by atoms with Gasteiger partial charge in [0.2, 0.25) is 0 Å². The number of hydrogen-bond donors (Lipinski definition) is 2. The molecule has 0 saturated carbocycles. The number of alkyl halides is 9. The number of carboxylic acid groups (broad SMARTS) is 1. The fourth-order valence-electron chi connectivity index (χ4n) is 2.56. The zero-order valence-electron chi connectivity index (χ0n) is 18.6. The van der Waals surface area contributed by atoms with E-state index in [-0.39, 0.29) is 51.4 Å². The van der Waals surface area contributed by atoms with Crippen molar-refractivity contribution in [2.24, 2.45) is 0 Å². The summed E-state index contributed by atoms with van der Waals surface area (Å²) in [6.07, 6.45) is -7.29. The Bertz CT molecular complexity index is 1460. The molecule has 2 rings (SSSR count). The molecule has 22 heteroatoms. The molecule has 0 bridgehead atoms. The predicted molar refractivity (Wildman–Crippen MR) is 124 cm³/mol. The number of anilines is 1. The summed E-state index contributed by atoms with van der Waals surface area (Å²) in [4.78, 5) is 24.2. The van der Waals surface area contributed by atoms with Crippen molar-refractivity contribution < 1.29 is 66.8 Å². The third-order valence-corrected chi connectivity index (χ3v) is 7.53. The zero-order chi connectivity index (χ0) is 30.5. The molecule has 0 aromatic heterocycles. The van der Waals surface area contributed by atoms with Gasteiger partial charge < -0.3 is 14.6 Å². The van der Waals surface area contributed by atoms with E-state index in [1.54, 1.807) is 0 Å². The molecule has 0 aliphatic rings. The molecule has 2 aromatic rings. The van der Waals surface area contributed by atoms with Crippen LogP contribution >= 0.6 is 46.4 Å². The summed E-state index contributed by atoms with van der Waals surface area (Å²) in [7, 11) is -7.28. The molecule has 217 valence electrons. The first-order valence-electron chi connectivity index (χ1n) is 9.07. The average molecular weight is 716 g/mol. The molecule has 7 nitrogen and oxygen atoms in total. The number of carboxylic acids is 1. The van der Waals surface area contributed by atoms with Gasteiger partial charge in [0.1, 0.15) is 5.75 Å². The van der Waals surface area contributed by atoms with Gasteiger partial charge in [-0.15, -0.1) is 0 Å². The maximum atomic E-state index is 13.9. The van der Waals surface area contributed by atoms with Crippen LogP contribution in [0.1, 0.15) is 20.7 Å². The van der Waals surface area contributed by atoms with Crippen LogP contribution in [-0.2, 0) is 10.1 Å². The Labute approximate surface area is 279 Å². The monoisotopic (exact) mass is 714 g/mol. The van der Waals surface area contributed by atoms with Gasteiger partial charge in [-0.05, 0) is 12.1 Å². The van der Waals surface area contributed by atoms with E-state index in [0.29, 0.717) is 18.2 Å². The second kappa shape index (κ2) is 12.5. The molecular weight excluding hydrogens is 710 g/mol. The molecule has 0 aliphatic carbocycles. The van der Waals surface area contributed by atoms with Gasteiger partial charge in [-0.3, -0.25) is 4.79 Å². The molecule has 1 radical (unpaired) electrons. The van der Waals surface area contributed by atoms with Crippen molar-refractivity contribution in [3.8, 4) is 5.75 Å². The number of carbonyl (C=O) groups excluding carboxylic acids is 1. The second-order valence-electron chi connectivity index (χ2n) is 6.99. The minimum absolute atomic E-state index is 0. The van der Waals surface area contributed by atoms with Crippen LogP contribution in [-0.4, -0.2) is 100 Å². The topological polar surface area (TPSA) is 110 Å². The van der Waals surface area contributed by atoms with Crippen LogP contribution in [0.2, 0.25) is 20.1 Å². The van der Waals surface area contributed by atoms with Crippen LogP contribution in [0.4, 0.5) is 45.2 Å². The summed E-state index contributed by atoms with van der Waals surface area (Å²) in [5.74, 6) is -19.7. The van der Waals surface area contributed by atoms with Crippen LogP contribution in [0.5, 0.6) is 5.75 Å². The number of aromatic carboxylic acids is 1. The van der Waals surface area contributed by atoms with Crippen molar-refractivity contribution in [1.29, 1.82) is 0 Å². The van der Waals surface area contributed by atoms with E-state index < -0.39 is 87.9 Å². The number of rotatable bonds is 8. The number of halogens is 13. The van der Waals surface area contributed by atoms with Gasteiger partial charge >= 0.3 is 39.4 Å². The Morgan fingerprint density at radius 3 is 1.73 bits per heavy atom. The molecule has 0 aliphatic heterocycles. The fourth-order valence-corrected chi connectivity index (χ4v) is 4.48. The third-order valence-electron chi connectivity index (χ3n) is 4.44. The van der Waals surface area contributed by atoms with Crippen LogP contribution in [0.25, 0.3) is 0 Å². The molecule has 0 fully saturated rings. The molecule has 0 heterocycles. The van der Waals surface area contributed by atoms with Crippen molar-refractivity contribution in [2.75, 3.05) is 5.32 Å². The summed E-state index contributed by atoms with van der Waals surface area (Å²) in [5.41, 5.74) is -2.54. The molecule has 2 aromatic carbocycles. The number of amides is 1. The van der Waals surface area contributed by atoms with Crippen LogP contribution in [0.3, 0.4) is 0 Å². The quantitative estimate of drug-likeness (QED) is 0.100. The van der Waals surface area contributed by atoms with Crippen LogP contribution in [0, 0.1) is 0 Å². The van der Waals surface area contributed by atoms with Gasteiger partial charge in [-0.1, -0.05) is 52.5 Å². The molecular formula is C18H6Cl4F9KNO6S. The number of benzene rings is 2. The van der Waals surface area contributed by atoms with Crippen molar-refractivity contribution in [3.05, 3.63) is 55.5 Å². The molecule has 2 N–H and O–H groups in total. The van der Waals surface area contributed by atoms with Crippen LogP contribution in [0.15, 0.2) is 24.3 Å². The Balaban J connectivity index is 0.00000800. The average Bonchev–Trinajstić information content (AvgIpc) is 2.78. The second-order valence-corrected chi connectivity index (χ2v) is 10.1. The minimum atomic E-state index is -7.54. The van der Waals surface area contributed by atoms with E-state index in [1.165, 1.54) is 0 Å². The van der Waals surface area contributed by atoms with Gasteiger partial charge in [0.05, 0.1) is 31.2 Å². The third kappa shape index (κ3) is 6.60. The molecule has 1 amide bonds. The van der Waals surface area contributed by atoms with Crippen molar-refractivity contribution in [3.63, 3.8) is 0 Å². The van der Waals surface area contributed by atoms with Gasteiger partial charge in [0.15, 0.2) is 0 Å². The van der Waals surface area contributed by atoms with E-state index in [4.69, 9.17) is 46.4 Å². The molecule has 0 saturated heterocycles. The molecule has 0 spiro atoms. The summed E-state index contributed by atoms with van der Waals surface area (Å²) in [6.45, 7) is 0. The van der Waals surface area contributed by atoms with Gasteiger partial charge in [-0.2, -0.15) is 47.9 Å². The summed E-state index contributed by atoms with van der Waals surface area (Å²) < 4.78 is 145. The maximum absolute atomic E-state index is 13.9. The Kier molecular flexibility index (Phi) is 11.7. The van der Waals surface area contributed by atoms with Crippen LogP contribution < -0.4 is 9.50 Å². The first-order valence-corrected chi connectivity index (χ1v) is 12.0. The summed E-state index contributed by atoms with van der Waals surface area (Å²) >= 11 is 23.2. The zero-order valence-corrected chi connectivity index (χ0v) is 25.6. The summed E-state index contributed by atoms with van der Waals surface area (Å²) in [5, 5.41) is 1.46. The standard InChI is InChI=1S/C18H6Cl4F9NO6S.K/c19-9-7(8(14(34)35)10(20)12(22)11(9)21)13(33)32-5-2-1-3-6(4-5)38-39(36,37)18(30,31)16(25,26)15(23,24)17(27,28)29;/h1-4H,(H,32,33)(H,34,35);. The Hall–Kier alpha value is -0.704. The normalized spacial score (nSPS) is 12.9. The number of hydrogen-bond acceptors (Lipinski definition) is 5. The smallest absolute Gasteiger partial charge is 0.460 e. The van der Waals surface area contributed by atoms with Gasteiger partial charge in [-0.25, -0.2) is 4.79 Å². The molecule has 40 heavy (non-hydrogen) atoms. The molecule has 0 unspecified atom stereocenters.